The summed E-state index contributed by atoms with van der Waals surface area (Å²) in [6.45, 7) is 2.35. The summed E-state index contributed by atoms with van der Waals surface area (Å²) in [7, 11) is 0. The second-order valence-corrected chi connectivity index (χ2v) is 9.27. The second kappa shape index (κ2) is 9.34. The first-order valence-corrected chi connectivity index (χ1v) is 11.4. The number of piperidine rings is 1. The van der Waals surface area contributed by atoms with Crippen molar-refractivity contribution in [2.24, 2.45) is 0 Å². The summed E-state index contributed by atoms with van der Waals surface area (Å²) < 4.78 is 49.1. The zero-order chi connectivity index (χ0) is 23.8. The van der Waals surface area contributed by atoms with E-state index in [0.717, 1.165) is 37.9 Å². The fourth-order valence-corrected chi connectivity index (χ4v) is 4.77. The third-order valence-electron chi connectivity index (χ3n) is 6.01. The SMILES string of the molecule is CC(=O)OC1(C2CCCCN2)CN(C(=O)c2ccc(F)c(F)c2Nc2ccc(Br)cc2F)C1. The minimum absolute atomic E-state index is 0.0985. The van der Waals surface area contributed by atoms with Crippen molar-refractivity contribution in [1.82, 2.24) is 10.2 Å². The number of carbonyl (C=O) groups excluding carboxylic acids is 2. The number of esters is 1. The molecule has 2 aliphatic heterocycles. The molecule has 2 aliphatic rings. The largest absolute Gasteiger partial charge is 0.454 e. The zero-order valence-electron chi connectivity index (χ0n) is 17.9. The van der Waals surface area contributed by atoms with Crippen molar-refractivity contribution in [2.45, 2.75) is 37.8 Å². The van der Waals surface area contributed by atoms with Crippen molar-refractivity contribution in [2.75, 3.05) is 25.0 Å². The standard InChI is InChI=1S/C23H23BrF3N3O3/c1-13(31)33-23(19-4-2-3-9-28-19)11-30(12-23)22(32)15-6-7-16(25)20(27)21(15)29-18-8-5-14(24)10-17(18)26/h5-8,10,19,28-29H,2-4,9,11-12H2,1H3. The second-order valence-electron chi connectivity index (χ2n) is 8.36. The van der Waals surface area contributed by atoms with E-state index in [-0.39, 0.29) is 30.4 Å². The number of carbonyl (C=O) groups is 2. The summed E-state index contributed by atoms with van der Waals surface area (Å²) in [5.41, 5.74) is -1.58. The lowest BCUT2D eigenvalue weighted by molar-refractivity contribution is -0.181. The highest BCUT2D eigenvalue weighted by molar-refractivity contribution is 9.10. The van der Waals surface area contributed by atoms with Gasteiger partial charge in [-0.05, 0) is 49.7 Å². The zero-order valence-corrected chi connectivity index (χ0v) is 19.5. The van der Waals surface area contributed by atoms with Gasteiger partial charge in [-0.1, -0.05) is 22.4 Å². The van der Waals surface area contributed by atoms with Gasteiger partial charge in [0, 0.05) is 11.4 Å². The summed E-state index contributed by atoms with van der Waals surface area (Å²) in [4.78, 5) is 26.4. The molecule has 33 heavy (non-hydrogen) atoms. The van der Waals surface area contributed by atoms with Gasteiger partial charge in [0.05, 0.1) is 36.1 Å². The van der Waals surface area contributed by atoms with Crippen molar-refractivity contribution in [1.29, 1.82) is 0 Å². The van der Waals surface area contributed by atoms with Gasteiger partial charge in [-0.3, -0.25) is 9.59 Å². The van der Waals surface area contributed by atoms with Crippen LogP contribution in [0.1, 0.15) is 36.5 Å². The molecule has 0 aromatic heterocycles. The molecule has 0 aliphatic carbocycles. The number of amides is 1. The maximum atomic E-state index is 14.7. The van der Waals surface area contributed by atoms with Crippen LogP contribution in [0, 0.1) is 17.5 Å². The lowest BCUT2D eigenvalue weighted by atomic mass is 9.81. The normalized spacial score (nSPS) is 19.5. The Morgan fingerprint density at radius 1 is 1.15 bits per heavy atom. The number of benzene rings is 2. The smallest absolute Gasteiger partial charge is 0.303 e. The van der Waals surface area contributed by atoms with Crippen LogP contribution in [0.2, 0.25) is 0 Å². The van der Waals surface area contributed by atoms with Gasteiger partial charge in [0.25, 0.3) is 5.91 Å². The van der Waals surface area contributed by atoms with Crippen LogP contribution in [0.3, 0.4) is 0 Å². The summed E-state index contributed by atoms with van der Waals surface area (Å²) in [5, 5.41) is 5.88. The van der Waals surface area contributed by atoms with Gasteiger partial charge in [-0.25, -0.2) is 13.2 Å². The first-order chi connectivity index (χ1) is 15.7. The number of rotatable bonds is 5. The Balaban J connectivity index is 1.60. The number of nitrogens with zero attached hydrogens (tertiary/aromatic N) is 1. The van der Waals surface area contributed by atoms with Gasteiger partial charge in [-0.15, -0.1) is 0 Å². The number of anilines is 2. The van der Waals surface area contributed by atoms with Gasteiger partial charge < -0.3 is 20.3 Å². The number of likely N-dealkylation sites (tertiary alicyclic amines) is 1. The van der Waals surface area contributed by atoms with E-state index in [9.17, 15) is 22.8 Å². The molecule has 1 amide bonds. The fourth-order valence-electron chi connectivity index (χ4n) is 4.43. The Bertz CT molecular complexity index is 1090. The number of nitrogens with one attached hydrogen (secondary N) is 2. The Morgan fingerprint density at radius 3 is 2.55 bits per heavy atom. The average molecular weight is 526 g/mol. The van der Waals surface area contributed by atoms with Crippen LogP contribution in [0.5, 0.6) is 0 Å². The van der Waals surface area contributed by atoms with Crippen molar-refractivity contribution < 1.29 is 27.5 Å². The maximum Gasteiger partial charge on any atom is 0.303 e. The minimum Gasteiger partial charge on any atom is -0.454 e. The van der Waals surface area contributed by atoms with Crippen molar-refractivity contribution in [3.8, 4) is 0 Å². The summed E-state index contributed by atoms with van der Waals surface area (Å²) in [6, 6.07) is 5.96. The third kappa shape index (κ3) is 4.72. The van der Waals surface area contributed by atoms with E-state index in [1.54, 1.807) is 0 Å². The van der Waals surface area contributed by atoms with E-state index >= 15 is 0 Å². The van der Waals surface area contributed by atoms with Crippen LogP contribution < -0.4 is 10.6 Å². The van der Waals surface area contributed by atoms with Crippen molar-refractivity contribution in [3.05, 3.63) is 57.8 Å². The Hall–Kier alpha value is -2.59. The van der Waals surface area contributed by atoms with Gasteiger partial charge in [-0.2, -0.15) is 0 Å². The van der Waals surface area contributed by atoms with Gasteiger partial charge in [0.2, 0.25) is 0 Å². The molecule has 6 nitrogen and oxygen atoms in total. The van der Waals surface area contributed by atoms with E-state index in [4.69, 9.17) is 4.74 Å². The monoisotopic (exact) mass is 525 g/mol. The molecule has 176 valence electrons. The molecule has 0 bridgehead atoms. The predicted molar refractivity (Wildman–Crippen MR) is 120 cm³/mol. The molecule has 10 heteroatoms. The van der Waals surface area contributed by atoms with Gasteiger partial charge >= 0.3 is 5.97 Å². The first kappa shape index (κ1) is 23.6. The molecular formula is C23H23BrF3N3O3. The minimum atomic E-state index is -1.29. The van der Waals surface area contributed by atoms with E-state index in [0.29, 0.717) is 4.47 Å². The number of hydrogen-bond donors (Lipinski definition) is 2. The Kier molecular flexibility index (Phi) is 6.67. The highest BCUT2D eigenvalue weighted by Crippen LogP contribution is 2.36. The Morgan fingerprint density at radius 2 is 1.91 bits per heavy atom. The molecule has 2 saturated heterocycles. The molecule has 2 heterocycles. The van der Waals surface area contributed by atoms with E-state index in [1.165, 1.54) is 30.0 Å². The lowest BCUT2D eigenvalue weighted by Crippen LogP contribution is -2.73. The fraction of sp³-hybridized carbons (Fsp3) is 0.391. The van der Waals surface area contributed by atoms with E-state index in [2.05, 4.69) is 26.6 Å². The van der Waals surface area contributed by atoms with Gasteiger partial charge in [0.15, 0.2) is 17.2 Å². The average Bonchev–Trinajstić information content (AvgIpc) is 2.75. The quantitative estimate of drug-likeness (QED) is 0.562. The van der Waals surface area contributed by atoms with Crippen molar-refractivity contribution in [3.63, 3.8) is 0 Å². The molecule has 4 rings (SSSR count). The van der Waals surface area contributed by atoms with Crippen LogP contribution >= 0.6 is 15.9 Å². The van der Waals surface area contributed by atoms with Crippen LogP contribution in [-0.2, 0) is 9.53 Å². The molecule has 1 unspecified atom stereocenters. The van der Waals surface area contributed by atoms with Crippen LogP contribution in [0.15, 0.2) is 34.8 Å². The number of hydrogen-bond acceptors (Lipinski definition) is 5. The molecule has 0 saturated carbocycles. The Labute approximate surface area is 197 Å². The highest BCUT2D eigenvalue weighted by Gasteiger charge is 2.54. The van der Waals surface area contributed by atoms with Crippen LogP contribution in [0.4, 0.5) is 24.5 Å². The van der Waals surface area contributed by atoms with Crippen LogP contribution in [0.25, 0.3) is 0 Å². The lowest BCUT2D eigenvalue weighted by Gasteiger charge is -2.53. The molecular weight excluding hydrogens is 503 g/mol. The molecule has 2 aromatic carbocycles. The molecule has 1 atom stereocenters. The molecule has 2 N–H and O–H groups in total. The van der Waals surface area contributed by atoms with E-state index < -0.39 is 40.6 Å². The maximum absolute atomic E-state index is 14.7. The topological polar surface area (TPSA) is 70.7 Å². The van der Waals surface area contributed by atoms with Crippen molar-refractivity contribution >= 4 is 39.2 Å². The number of halogens is 4. The van der Waals surface area contributed by atoms with E-state index in [1.807, 2.05) is 0 Å². The predicted octanol–water partition coefficient (Wildman–Crippen LogP) is 4.51. The third-order valence-corrected chi connectivity index (χ3v) is 6.51. The number of ether oxygens (including phenoxy) is 1. The highest BCUT2D eigenvalue weighted by atomic mass is 79.9. The van der Waals surface area contributed by atoms with Gasteiger partial charge in [0.1, 0.15) is 5.82 Å². The molecule has 2 fully saturated rings. The summed E-state index contributed by atoms with van der Waals surface area (Å²) >= 11 is 3.14. The summed E-state index contributed by atoms with van der Waals surface area (Å²) in [6.07, 6.45) is 2.80. The molecule has 0 spiro atoms. The first-order valence-electron chi connectivity index (χ1n) is 10.6. The summed E-state index contributed by atoms with van der Waals surface area (Å²) in [5.74, 6) is -4.18. The van der Waals surface area contributed by atoms with Crippen LogP contribution in [-0.4, -0.2) is 48.1 Å². The molecule has 2 aromatic rings. The molecule has 0 radical (unpaired) electrons.